The average Bonchev–Trinajstić information content (AvgIpc) is 1.96. The Balaban J connectivity index is 3.23. The number of pyridine rings is 1. The summed E-state index contributed by atoms with van der Waals surface area (Å²) in [5, 5.41) is 0. The van der Waals surface area contributed by atoms with Gasteiger partial charge in [0.2, 0.25) is 5.56 Å². The number of H-pyrrole nitrogens is 1. The first kappa shape index (κ1) is 8.78. The van der Waals surface area contributed by atoms with Crippen molar-refractivity contribution in [3.05, 3.63) is 39.3 Å². The van der Waals surface area contributed by atoms with Crippen molar-refractivity contribution in [1.29, 1.82) is 0 Å². The molecule has 12 heavy (non-hydrogen) atoms. The largest absolute Gasteiger partial charge is 0.322 e. The van der Waals surface area contributed by atoms with Crippen LogP contribution in [0.4, 0.5) is 0 Å². The van der Waals surface area contributed by atoms with Crippen molar-refractivity contribution in [3.63, 3.8) is 0 Å². The van der Waals surface area contributed by atoms with Crippen LogP contribution < -0.4 is 5.56 Å². The van der Waals surface area contributed by atoms with Gasteiger partial charge in [0.15, 0.2) is 0 Å². The lowest BCUT2D eigenvalue weighted by atomic mass is 10.2. The average molecular weight is 163 g/mol. The van der Waals surface area contributed by atoms with Crippen LogP contribution in [0.1, 0.15) is 25.1 Å². The lowest BCUT2D eigenvalue weighted by Gasteiger charge is -1.99. The number of hydrogen-bond donors (Lipinski definition) is 1. The minimum absolute atomic E-state index is 0.0481. The van der Waals surface area contributed by atoms with Crippen LogP contribution in [0.25, 0.3) is 6.08 Å². The minimum Gasteiger partial charge on any atom is -0.322 e. The summed E-state index contributed by atoms with van der Waals surface area (Å²) < 4.78 is 0. The maximum absolute atomic E-state index is 10.9. The molecule has 0 bridgehead atoms. The molecule has 1 rings (SSSR count). The summed E-state index contributed by atoms with van der Waals surface area (Å²) in [4.78, 5) is 13.7. The number of aromatic amines is 1. The molecule has 0 aliphatic rings. The summed E-state index contributed by atoms with van der Waals surface area (Å²) in [6.45, 7) is 5.99. The molecule has 0 aromatic carbocycles. The summed E-state index contributed by atoms with van der Waals surface area (Å²) in [7, 11) is 0. The molecule has 0 aliphatic heterocycles. The summed E-state index contributed by atoms with van der Waals surface area (Å²) in [5.41, 5.74) is 3.13. The molecule has 1 N–H and O–H groups in total. The Kier molecular flexibility index (Phi) is 2.48. The van der Waals surface area contributed by atoms with Gasteiger partial charge in [0, 0.05) is 11.8 Å². The predicted molar refractivity (Wildman–Crippen MR) is 51.1 cm³/mol. The molecular formula is C10H13NO. The van der Waals surface area contributed by atoms with Crippen LogP contribution in [0.3, 0.4) is 0 Å². The third kappa shape index (κ3) is 2.09. The lowest BCUT2D eigenvalue weighted by Crippen LogP contribution is -2.05. The Morgan fingerprint density at radius 1 is 1.42 bits per heavy atom. The van der Waals surface area contributed by atoms with Crippen LogP contribution in [-0.4, -0.2) is 4.98 Å². The molecule has 0 saturated heterocycles. The zero-order valence-corrected chi connectivity index (χ0v) is 7.64. The van der Waals surface area contributed by atoms with Crippen LogP contribution in [0, 0.1) is 6.92 Å². The number of rotatable bonds is 1. The van der Waals surface area contributed by atoms with E-state index in [1.807, 2.05) is 32.9 Å². The Hall–Kier alpha value is -1.31. The van der Waals surface area contributed by atoms with Gasteiger partial charge in [-0.05, 0) is 32.4 Å². The highest BCUT2D eigenvalue weighted by molar-refractivity contribution is 5.50. The smallest absolute Gasteiger partial charge is 0.248 e. The molecule has 0 saturated carbocycles. The van der Waals surface area contributed by atoms with Crippen LogP contribution >= 0.6 is 0 Å². The SMILES string of the molecule is CC(C)=Cc1[nH]c(=O)ccc1C. The maximum atomic E-state index is 10.9. The van der Waals surface area contributed by atoms with Crippen molar-refractivity contribution >= 4 is 6.08 Å². The van der Waals surface area contributed by atoms with Gasteiger partial charge < -0.3 is 4.98 Å². The van der Waals surface area contributed by atoms with Gasteiger partial charge in [-0.3, -0.25) is 4.79 Å². The Bertz CT molecular complexity index is 356. The van der Waals surface area contributed by atoms with Crippen LogP contribution in [0.5, 0.6) is 0 Å². The van der Waals surface area contributed by atoms with Crippen molar-refractivity contribution in [3.8, 4) is 0 Å². The van der Waals surface area contributed by atoms with Gasteiger partial charge in [0.1, 0.15) is 0 Å². The summed E-state index contributed by atoms with van der Waals surface area (Å²) >= 11 is 0. The first-order valence-electron chi connectivity index (χ1n) is 3.94. The van der Waals surface area contributed by atoms with Crippen molar-refractivity contribution < 1.29 is 0 Å². The second kappa shape index (κ2) is 3.39. The Morgan fingerprint density at radius 2 is 2.08 bits per heavy atom. The molecule has 1 heterocycles. The fourth-order valence-corrected chi connectivity index (χ4v) is 1.00. The number of aromatic nitrogens is 1. The number of aryl methyl sites for hydroxylation is 1. The molecule has 0 radical (unpaired) electrons. The van der Waals surface area contributed by atoms with Crippen LogP contribution in [0.2, 0.25) is 0 Å². The monoisotopic (exact) mass is 163 g/mol. The molecule has 2 nitrogen and oxygen atoms in total. The van der Waals surface area contributed by atoms with Gasteiger partial charge in [-0.1, -0.05) is 11.6 Å². The molecule has 0 aliphatic carbocycles. The zero-order chi connectivity index (χ0) is 9.14. The summed E-state index contributed by atoms with van der Waals surface area (Å²) in [6, 6.07) is 3.37. The lowest BCUT2D eigenvalue weighted by molar-refractivity contribution is 1.17. The standard InChI is InChI=1S/C10H13NO/c1-7(2)6-9-8(3)4-5-10(12)11-9/h4-6H,1-3H3,(H,11,12). The first-order chi connectivity index (χ1) is 5.59. The van der Waals surface area contributed by atoms with Gasteiger partial charge in [-0.15, -0.1) is 0 Å². The van der Waals surface area contributed by atoms with E-state index in [9.17, 15) is 4.79 Å². The van der Waals surface area contributed by atoms with E-state index < -0.39 is 0 Å². The van der Waals surface area contributed by atoms with Gasteiger partial charge in [-0.25, -0.2) is 0 Å². The van der Waals surface area contributed by atoms with E-state index in [2.05, 4.69) is 4.98 Å². The highest BCUT2D eigenvalue weighted by Crippen LogP contribution is 2.05. The van der Waals surface area contributed by atoms with Gasteiger partial charge in [0.25, 0.3) is 0 Å². The van der Waals surface area contributed by atoms with Crippen molar-refractivity contribution in [2.75, 3.05) is 0 Å². The number of allylic oxidation sites excluding steroid dienone is 1. The molecule has 64 valence electrons. The zero-order valence-electron chi connectivity index (χ0n) is 7.64. The molecular weight excluding hydrogens is 150 g/mol. The van der Waals surface area contributed by atoms with Crippen molar-refractivity contribution in [1.82, 2.24) is 4.98 Å². The first-order valence-corrected chi connectivity index (χ1v) is 3.94. The van der Waals surface area contributed by atoms with Gasteiger partial charge >= 0.3 is 0 Å². The molecule has 0 atom stereocenters. The number of nitrogens with one attached hydrogen (secondary N) is 1. The van der Waals surface area contributed by atoms with E-state index >= 15 is 0 Å². The van der Waals surface area contributed by atoms with E-state index in [-0.39, 0.29) is 5.56 Å². The van der Waals surface area contributed by atoms with Gasteiger partial charge in [-0.2, -0.15) is 0 Å². The minimum atomic E-state index is -0.0481. The molecule has 1 aromatic rings. The van der Waals surface area contributed by atoms with Gasteiger partial charge in [0.05, 0.1) is 0 Å². The third-order valence-electron chi connectivity index (χ3n) is 1.60. The maximum Gasteiger partial charge on any atom is 0.248 e. The van der Waals surface area contributed by atoms with E-state index in [0.717, 1.165) is 11.3 Å². The predicted octanol–water partition coefficient (Wildman–Crippen LogP) is 2.11. The second-order valence-electron chi connectivity index (χ2n) is 3.14. The number of hydrogen-bond acceptors (Lipinski definition) is 1. The van der Waals surface area contributed by atoms with E-state index in [1.165, 1.54) is 11.6 Å². The normalized spacial score (nSPS) is 9.58. The molecule has 0 spiro atoms. The van der Waals surface area contributed by atoms with E-state index in [4.69, 9.17) is 0 Å². The highest BCUT2D eigenvalue weighted by atomic mass is 16.1. The Morgan fingerprint density at radius 3 is 2.67 bits per heavy atom. The molecule has 2 heteroatoms. The molecule has 1 aromatic heterocycles. The molecule has 0 amide bonds. The highest BCUT2D eigenvalue weighted by Gasteiger charge is 1.94. The molecule has 0 unspecified atom stereocenters. The van der Waals surface area contributed by atoms with Crippen LogP contribution in [-0.2, 0) is 0 Å². The van der Waals surface area contributed by atoms with Crippen molar-refractivity contribution in [2.45, 2.75) is 20.8 Å². The topological polar surface area (TPSA) is 32.9 Å². The third-order valence-corrected chi connectivity index (χ3v) is 1.60. The van der Waals surface area contributed by atoms with Crippen molar-refractivity contribution in [2.24, 2.45) is 0 Å². The fraction of sp³-hybridized carbons (Fsp3) is 0.300. The Labute approximate surface area is 71.9 Å². The summed E-state index contributed by atoms with van der Waals surface area (Å²) in [5.74, 6) is 0. The quantitative estimate of drug-likeness (QED) is 0.675. The fourth-order valence-electron chi connectivity index (χ4n) is 1.00. The van der Waals surface area contributed by atoms with E-state index in [1.54, 1.807) is 0 Å². The summed E-state index contributed by atoms with van der Waals surface area (Å²) in [6.07, 6.45) is 1.97. The molecule has 0 fully saturated rings. The second-order valence-corrected chi connectivity index (χ2v) is 3.14. The van der Waals surface area contributed by atoms with E-state index in [0.29, 0.717) is 0 Å². The van der Waals surface area contributed by atoms with Crippen LogP contribution in [0.15, 0.2) is 22.5 Å².